The number of rotatable bonds is 3. The summed E-state index contributed by atoms with van der Waals surface area (Å²) in [6, 6.07) is 1.90. The standard InChI is InChI=1S/C9H13BrN2OS/c1-6(4-11)12(2)9(13)7-3-8(10)14-5-7/h3,5-6H,4,11H2,1-2H3. The smallest absolute Gasteiger partial charge is 0.254 e. The molecule has 0 aliphatic heterocycles. The van der Waals surface area contributed by atoms with E-state index < -0.39 is 0 Å². The summed E-state index contributed by atoms with van der Waals surface area (Å²) < 4.78 is 0.967. The lowest BCUT2D eigenvalue weighted by Gasteiger charge is -2.22. The minimum Gasteiger partial charge on any atom is -0.338 e. The molecule has 0 saturated carbocycles. The molecule has 78 valence electrons. The molecular weight excluding hydrogens is 264 g/mol. The maximum atomic E-state index is 11.8. The van der Waals surface area contributed by atoms with E-state index in [0.29, 0.717) is 12.1 Å². The lowest BCUT2D eigenvalue weighted by Crippen LogP contribution is -2.39. The largest absolute Gasteiger partial charge is 0.338 e. The predicted octanol–water partition coefficient (Wildman–Crippen LogP) is 1.93. The first-order valence-corrected chi connectivity index (χ1v) is 5.94. The van der Waals surface area contributed by atoms with E-state index in [0.717, 1.165) is 3.79 Å². The molecule has 1 rings (SSSR count). The highest BCUT2D eigenvalue weighted by Gasteiger charge is 2.17. The summed E-state index contributed by atoms with van der Waals surface area (Å²) in [5, 5.41) is 1.84. The normalized spacial score (nSPS) is 12.6. The molecule has 0 aliphatic rings. The van der Waals surface area contributed by atoms with Crippen molar-refractivity contribution in [2.75, 3.05) is 13.6 Å². The molecule has 14 heavy (non-hydrogen) atoms. The maximum absolute atomic E-state index is 11.8. The van der Waals surface area contributed by atoms with E-state index in [1.54, 1.807) is 11.9 Å². The number of hydrogen-bond donors (Lipinski definition) is 1. The van der Waals surface area contributed by atoms with Gasteiger partial charge < -0.3 is 10.6 Å². The van der Waals surface area contributed by atoms with Crippen LogP contribution in [0.5, 0.6) is 0 Å². The molecule has 1 heterocycles. The summed E-state index contributed by atoms with van der Waals surface area (Å²) >= 11 is 4.83. The van der Waals surface area contributed by atoms with Crippen LogP contribution in [0.25, 0.3) is 0 Å². The number of carbonyl (C=O) groups excluding carboxylic acids is 1. The van der Waals surface area contributed by atoms with Gasteiger partial charge in [0.15, 0.2) is 0 Å². The molecule has 0 spiro atoms. The number of nitrogens with two attached hydrogens (primary N) is 1. The van der Waals surface area contributed by atoms with Gasteiger partial charge >= 0.3 is 0 Å². The average Bonchev–Trinajstić information content (AvgIpc) is 2.61. The molecule has 0 saturated heterocycles. The van der Waals surface area contributed by atoms with Gasteiger partial charge in [-0.15, -0.1) is 11.3 Å². The van der Waals surface area contributed by atoms with Crippen molar-refractivity contribution < 1.29 is 4.79 Å². The molecule has 5 heteroatoms. The second-order valence-corrected chi connectivity index (χ2v) is 5.43. The quantitative estimate of drug-likeness (QED) is 0.917. The zero-order valence-corrected chi connectivity index (χ0v) is 10.6. The van der Waals surface area contributed by atoms with Crippen molar-refractivity contribution in [3.8, 4) is 0 Å². The summed E-state index contributed by atoms with van der Waals surface area (Å²) in [6.45, 7) is 2.41. The topological polar surface area (TPSA) is 46.3 Å². The number of halogens is 1. The van der Waals surface area contributed by atoms with Crippen molar-refractivity contribution in [3.05, 3.63) is 20.8 Å². The molecule has 0 aromatic carbocycles. The van der Waals surface area contributed by atoms with Crippen molar-refractivity contribution in [2.45, 2.75) is 13.0 Å². The highest BCUT2D eigenvalue weighted by molar-refractivity contribution is 9.11. The van der Waals surface area contributed by atoms with Crippen LogP contribution in [-0.4, -0.2) is 30.4 Å². The lowest BCUT2D eigenvalue weighted by molar-refractivity contribution is 0.0749. The van der Waals surface area contributed by atoms with Gasteiger partial charge in [-0.05, 0) is 28.9 Å². The predicted molar refractivity (Wildman–Crippen MR) is 62.6 cm³/mol. The SMILES string of the molecule is CC(CN)N(C)C(=O)c1csc(Br)c1. The van der Waals surface area contributed by atoms with Gasteiger partial charge in [0.05, 0.1) is 9.35 Å². The van der Waals surface area contributed by atoms with Crippen molar-refractivity contribution in [2.24, 2.45) is 5.73 Å². The molecule has 0 radical (unpaired) electrons. The number of hydrogen-bond acceptors (Lipinski definition) is 3. The van der Waals surface area contributed by atoms with Crippen LogP contribution in [-0.2, 0) is 0 Å². The number of amides is 1. The number of thiophene rings is 1. The fourth-order valence-corrected chi connectivity index (χ4v) is 2.11. The van der Waals surface area contributed by atoms with Crippen LogP contribution >= 0.6 is 27.3 Å². The van der Waals surface area contributed by atoms with E-state index in [1.807, 2.05) is 18.4 Å². The van der Waals surface area contributed by atoms with Gasteiger partial charge in [0, 0.05) is 25.0 Å². The van der Waals surface area contributed by atoms with Gasteiger partial charge in [0.1, 0.15) is 0 Å². The first kappa shape index (κ1) is 11.7. The number of carbonyl (C=O) groups is 1. The van der Waals surface area contributed by atoms with E-state index in [9.17, 15) is 4.79 Å². The summed E-state index contributed by atoms with van der Waals surface area (Å²) in [5.74, 6) is 0.0184. The van der Waals surface area contributed by atoms with Crippen LogP contribution in [0.15, 0.2) is 15.2 Å². The van der Waals surface area contributed by atoms with Crippen LogP contribution in [0.1, 0.15) is 17.3 Å². The molecule has 0 bridgehead atoms. The Balaban J connectivity index is 2.75. The summed E-state index contributed by atoms with van der Waals surface area (Å²) in [5.41, 5.74) is 6.21. The Morgan fingerprint density at radius 1 is 1.79 bits per heavy atom. The van der Waals surface area contributed by atoms with Crippen molar-refractivity contribution in [1.29, 1.82) is 0 Å². The minimum atomic E-state index is 0.0184. The van der Waals surface area contributed by atoms with E-state index >= 15 is 0 Å². The monoisotopic (exact) mass is 276 g/mol. The Morgan fingerprint density at radius 3 is 2.86 bits per heavy atom. The first-order chi connectivity index (χ1) is 6.56. The van der Waals surface area contributed by atoms with E-state index in [1.165, 1.54) is 11.3 Å². The molecule has 1 atom stereocenters. The molecule has 1 amide bonds. The molecule has 0 fully saturated rings. The average molecular weight is 277 g/mol. The Kier molecular flexibility index (Phi) is 4.10. The van der Waals surface area contributed by atoms with Crippen molar-refractivity contribution in [1.82, 2.24) is 4.90 Å². The molecular formula is C9H13BrN2OS. The lowest BCUT2D eigenvalue weighted by atomic mass is 10.2. The minimum absolute atomic E-state index is 0.0184. The Hall–Kier alpha value is -0.390. The third kappa shape index (κ3) is 2.56. The molecule has 1 aromatic heterocycles. The van der Waals surface area contributed by atoms with Crippen LogP contribution in [0.4, 0.5) is 0 Å². The highest BCUT2D eigenvalue weighted by Crippen LogP contribution is 2.21. The maximum Gasteiger partial charge on any atom is 0.254 e. The Morgan fingerprint density at radius 2 is 2.43 bits per heavy atom. The van der Waals surface area contributed by atoms with Crippen molar-refractivity contribution in [3.63, 3.8) is 0 Å². The molecule has 3 nitrogen and oxygen atoms in total. The fraction of sp³-hybridized carbons (Fsp3) is 0.444. The summed E-state index contributed by atoms with van der Waals surface area (Å²) in [6.07, 6.45) is 0. The van der Waals surface area contributed by atoms with Crippen LogP contribution in [0.3, 0.4) is 0 Å². The van der Waals surface area contributed by atoms with E-state index in [2.05, 4.69) is 15.9 Å². The second-order valence-electron chi connectivity index (χ2n) is 3.14. The van der Waals surface area contributed by atoms with E-state index in [-0.39, 0.29) is 11.9 Å². The van der Waals surface area contributed by atoms with Gasteiger partial charge in [-0.1, -0.05) is 0 Å². The number of likely N-dealkylation sites (N-methyl/N-ethyl adjacent to an activating group) is 1. The summed E-state index contributed by atoms with van der Waals surface area (Å²) in [7, 11) is 1.77. The molecule has 1 aromatic rings. The van der Waals surface area contributed by atoms with E-state index in [4.69, 9.17) is 5.73 Å². The third-order valence-corrected chi connectivity index (χ3v) is 3.64. The fourth-order valence-electron chi connectivity index (χ4n) is 0.984. The van der Waals surface area contributed by atoms with Crippen LogP contribution in [0, 0.1) is 0 Å². The first-order valence-electron chi connectivity index (χ1n) is 4.27. The van der Waals surface area contributed by atoms with Gasteiger partial charge in [-0.25, -0.2) is 0 Å². The molecule has 2 N–H and O–H groups in total. The van der Waals surface area contributed by atoms with Crippen LogP contribution in [0.2, 0.25) is 0 Å². The van der Waals surface area contributed by atoms with Gasteiger partial charge in [-0.3, -0.25) is 4.79 Å². The van der Waals surface area contributed by atoms with Crippen molar-refractivity contribution >= 4 is 33.2 Å². The van der Waals surface area contributed by atoms with Crippen LogP contribution < -0.4 is 5.73 Å². The molecule has 1 unspecified atom stereocenters. The second kappa shape index (κ2) is 4.91. The number of nitrogens with zero attached hydrogens (tertiary/aromatic N) is 1. The zero-order valence-electron chi connectivity index (χ0n) is 8.16. The van der Waals surface area contributed by atoms with Gasteiger partial charge in [0.25, 0.3) is 5.91 Å². The van der Waals surface area contributed by atoms with Gasteiger partial charge in [-0.2, -0.15) is 0 Å². The van der Waals surface area contributed by atoms with Gasteiger partial charge in [0.2, 0.25) is 0 Å². The zero-order chi connectivity index (χ0) is 10.7. The Bertz CT molecular complexity index is 326. The summed E-state index contributed by atoms with van der Waals surface area (Å²) in [4.78, 5) is 13.5. The third-order valence-electron chi connectivity index (χ3n) is 2.14. The Labute approximate surface area is 96.0 Å². The molecule has 0 aliphatic carbocycles. The highest BCUT2D eigenvalue weighted by atomic mass is 79.9.